The highest BCUT2D eigenvalue weighted by molar-refractivity contribution is 5.79. The molecular weight excluding hydrogens is 298 g/mol. The standard InChI is InChI=1S/C12H14N2O4.C4H9N/c1-8-10(11(15)16)14(8)13-12(17)18-7-9-5-3-2-4-6-9;1-2-4-5-3-1/h2-6,8,10H,7H2,1H3,(H,13,17)(H,15,16);5H,1-4H2/t8-,10-,14?;/m0./s1. The van der Waals surface area contributed by atoms with Crippen LogP contribution in [0.2, 0.25) is 0 Å². The molecule has 7 heteroatoms. The van der Waals surface area contributed by atoms with Gasteiger partial charge in [-0.1, -0.05) is 30.3 Å². The second-order valence-corrected chi connectivity index (χ2v) is 5.56. The van der Waals surface area contributed by atoms with Crippen molar-refractivity contribution in [3.8, 4) is 0 Å². The van der Waals surface area contributed by atoms with E-state index in [1.807, 2.05) is 30.3 Å². The molecule has 3 N–H and O–H groups in total. The summed E-state index contributed by atoms with van der Waals surface area (Å²) >= 11 is 0. The number of rotatable bonds is 4. The van der Waals surface area contributed by atoms with Crippen LogP contribution in [0.5, 0.6) is 0 Å². The van der Waals surface area contributed by atoms with Crippen LogP contribution in [0, 0.1) is 0 Å². The maximum Gasteiger partial charge on any atom is 0.422 e. The third-order valence-electron chi connectivity index (χ3n) is 3.75. The first-order valence-electron chi connectivity index (χ1n) is 7.79. The van der Waals surface area contributed by atoms with Crippen molar-refractivity contribution < 1.29 is 19.4 Å². The zero-order valence-corrected chi connectivity index (χ0v) is 13.2. The summed E-state index contributed by atoms with van der Waals surface area (Å²) in [5.74, 6) is -0.953. The van der Waals surface area contributed by atoms with Gasteiger partial charge < -0.3 is 15.2 Å². The molecule has 23 heavy (non-hydrogen) atoms. The predicted molar refractivity (Wildman–Crippen MR) is 84.6 cm³/mol. The fourth-order valence-corrected chi connectivity index (χ4v) is 2.33. The summed E-state index contributed by atoms with van der Waals surface area (Å²) in [5.41, 5.74) is 3.27. The maximum atomic E-state index is 11.4. The Morgan fingerprint density at radius 2 is 1.96 bits per heavy atom. The number of hydrogen-bond donors (Lipinski definition) is 3. The number of hydrazine groups is 1. The minimum absolute atomic E-state index is 0.159. The average Bonchev–Trinajstić information content (AvgIpc) is 2.98. The van der Waals surface area contributed by atoms with Crippen LogP contribution in [-0.4, -0.2) is 47.4 Å². The molecule has 0 aromatic heterocycles. The Morgan fingerprint density at radius 1 is 1.30 bits per heavy atom. The molecule has 2 saturated heterocycles. The molecule has 0 radical (unpaired) electrons. The van der Waals surface area contributed by atoms with E-state index < -0.39 is 18.1 Å². The molecule has 0 saturated carbocycles. The number of nitrogens with one attached hydrogen (secondary N) is 2. The van der Waals surface area contributed by atoms with Gasteiger partial charge in [0.15, 0.2) is 0 Å². The summed E-state index contributed by atoms with van der Waals surface area (Å²) in [7, 11) is 0. The lowest BCUT2D eigenvalue weighted by Gasteiger charge is -2.07. The van der Waals surface area contributed by atoms with Crippen molar-refractivity contribution >= 4 is 12.1 Å². The highest BCUT2D eigenvalue weighted by atomic mass is 16.6. The molecule has 1 unspecified atom stereocenters. The first kappa shape index (κ1) is 17.2. The van der Waals surface area contributed by atoms with E-state index in [9.17, 15) is 9.59 Å². The quantitative estimate of drug-likeness (QED) is 0.725. The second kappa shape index (κ2) is 8.50. The van der Waals surface area contributed by atoms with Gasteiger partial charge in [-0.25, -0.2) is 4.79 Å². The maximum absolute atomic E-state index is 11.4. The van der Waals surface area contributed by atoms with Crippen LogP contribution < -0.4 is 10.7 Å². The second-order valence-electron chi connectivity index (χ2n) is 5.56. The minimum Gasteiger partial charge on any atom is -0.480 e. The van der Waals surface area contributed by atoms with Crippen LogP contribution in [0.1, 0.15) is 25.3 Å². The Kier molecular flexibility index (Phi) is 6.37. The molecule has 3 rings (SSSR count). The first-order chi connectivity index (χ1) is 11.1. The van der Waals surface area contributed by atoms with Gasteiger partial charge in [-0.15, -0.1) is 0 Å². The van der Waals surface area contributed by atoms with Crippen molar-refractivity contribution in [1.82, 2.24) is 15.8 Å². The van der Waals surface area contributed by atoms with Crippen LogP contribution in [0.25, 0.3) is 0 Å². The normalized spacial score (nSPS) is 25.0. The number of aliphatic carboxylic acids is 1. The Hall–Kier alpha value is -2.12. The summed E-state index contributed by atoms with van der Waals surface area (Å²) in [4.78, 5) is 22.1. The van der Waals surface area contributed by atoms with Crippen LogP contribution in [-0.2, 0) is 16.1 Å². The van der Waals surface area contributed by atoms with E-state index >= 15 is 0 Å². The van der Waals surface area contributed by atoms with Gasteiger partial charge >= 0.3 is 12.1 Å². The van der Waals surface area contributed by atoms with E-state index in [2.05, 4.69) is 10.7 Å². The largest absolute Gasteiger partial charge is 0.480 e. The summed E-state index contributed by atoms with van der Waals surface area (Å²) in [6.07, 6.45) is 2.13. The molecule has 0 aliphatic carbocycles. The average molecular weight is 321 g/mol. The van der Waals surface area contributed by atoms with Gasteiger partial charge in [-0.05, 0) is 38.4 Å². The number of carbonyl (C=O) groups excluding carboxylic acids is 1. The number of carbonyl (C=O) groups is 2. The SMILES string of the molecule is C1CCNC1.C[C@H]1[C@@H](C(=O)O)N1NC(=O)OCc1ccccc1. The molecular formula is C16H23N3O4. The van der Waals surface area contributed by atoms with Gasteiger partial charge in [0.05, 0.1) is 6.04 Å². The molecule has 0 bridgehead atoms. The van der Waals surface area contributed by atoms with Crippen molar-refractivity contribution in [1.29, 1.82) is 0 Å². The van der Waals surface area contributed by atoms with E-state index in [1.54, 1.807) is 6.92 Å². The van der Waals surface area contributed by atoms with Gasteiger partial charge in [-0.3, -0.25) is 10.2 Å². The number of carboxylic acids is 1. The molecule has 7 nitrogen and oxygen atoms in total. The Bertz CT molecular complexity index is 512. The van der Waals surface area contributed by atoms with Crippen molar-refractivity contribution in [2.24, 2.45) is 0 Å². The fourth-order valence-electron chi connectivity index (χ4n) is 2.33. The van der Waals surface area contributed by atoms with Gasteiger partial charge in [0.2, 0.25) is 0 Å². The number of carboxylic acid groups (broad SMARTS) is 1. The zero-order chi connectivity index (χ0) is 16.7. The molecule has 126 valence electrons. The summed E-state index contributed by atoms with van der Waals surface area (Å²) < 4.78 is 4.97. The van der Waals surface area contributed by atoms with Crippen molar-refractivity contribution in [3.05, 3.63) is 35.9 Å². The van der Waals surface area contributed by atoms with Gasteiger partial charge in [0, 0.05) is 0 Å². The van der Waals surface area contributed by atoms with Gasteiger partial charge in [0.1, 0.15) is 12.6 Å². The third kappa shape index (κ3) is 5.54. The van der Waals surface area contributed by atoms with E-state index in [-0.39, 0.29) is 12.6 Å². The van der Waals surface area contributed by atoms with Crippen LogP contribution in [0.3, 0.4) is 0 Å². The molecule has 0 spiro atoms. The van der Waals surface area contributed by atoms with E-state index in [1.165, 1.54) is 30.9 Å². The Labute approximate surface area is 135 Å². The van der Waals surface area contributed by atoms with E-state index in [0.717, 1.165) is 5.56 Å². The lowest BCUT2D eigenvalue weighted by molar-refractivity contribution is -0.137. The molecule has 1 aromatic rings. The monoisotopic (exact) mass is 321 g/mol. The lowest BCUT2D eigenvalue weighted by Crippen LogP contribution is -2.32. The molecule has 1 amide bonds. The summed E-state index contributed by atoms with van der Waals surface area (Å²) in [5, 5.41) is 13.3. The zero-order valence-electron chi connectivity index (χ0n) is 13.2. The Balaban J connectivity index is 0.000000326. The number of ether oxygens (including phenoxy) is 1. The molecule has 1 aromatic carbocycles. The number of benzene rings is 1. The summed E-state index contributed by atoms with van der Waals surface area (Å²) in [6.45, 7) is 4.38. The molecule has 2 aliphatic rings. The summed E-state index contributed by atoms with van der Waals surface area (Å²) in [6, 6.07) is 8.40. The highest BCUT2D eigenvalue weighted by Crippen LogP contribution is 2.24. The van der Waals surface area contributed by atoms with Gasteiger partial charge in [-0.2, -0.15) is 5.01 Å². The smallest absolute Gasteiger partial charge is 0.422 e. The van der Waals surface area contributed by atoms with E-state index in [4.69, 9.17) is 9.84 Å². The molecule has 3 atom stereocenters. The van der Waals surface area contributed by atoms with Crippen LogP contribution >= 0.6 is 0 Å². The first-order valence-corrected chi connectivity index (χ1v) is 7.79. The van der Waals surface area contributed by atoms with Crippen molar-refractivity contribution in [2.75, 3.05) is 13.1 Å². The molecule has 2 fully saturated rings. The van der Waals surface area contributed by atoms with Gasteiger partial charge in [0.25, 0.3) is 0 Å². The molecule has 2 aliphatic heterocycles. The predicted octanol–water partition coefficient (Wildman–Crippen LogP) is 1.35. The van der Waals surface area contributed by atoms with Crippen molar-refractivity contribution in [2.45, 2.75) is 38.5 Å². The van der Waals surface area contributed by atoms with E-state index in [0.29, 0.717) is 0 Å². The number of amides is 1. The topological polar surface area (TPSA) is 90.7 Å². The molecule has 2 heterocycles. The number of hydrogen-bond acceptors (Lipinski definition) is 5. The highest BCUT2D eigenvalue weighted by Gasteiger charge is 2.51. The Morgan fingerprint density at radius 3 is 2.43 bits per heavy atom. The van der Waals surface area contributed by atoms with Crippen LogP contribution in [0.15, 0.2) is 30.3 Å². The minimum atomic E-state index is -0.953. The van der Waals surface area contributed by atoms with Crippen molar-refractivity contribution in [3.63, 3.8) is 0 Å². The lowest BCUT2D eigenvalue weighted by atomic mass is 10.2. The number of nitrogens with zero attached hydrogens (tertiary/aromatic N) is 1. The fraction of sp³-hybridized carbons (Fsp3) is 0.500. The van der Waals surface area contributed by atoms with Crippen LogP contribution in [0.4, 0.5) is 4.79 Å². The third-order valence-corrected chi connectivity index (χ3v) is 3.75.